The summed E-state index contributed by atoms with van der Waals surface area (Å²) in [5.74, 6) is 0. The van der Waals surface area contributed by atoms with Crippen molar-refractivity contribution in [3.05, 3.63) is 34.3 Å². The Kier molecular flexibility index (Phi) is 3.03. The normalized spacial score (nSPS) is 23.6. The highest BCUT2D eigenvalue weighted by molar-refractivity contribution is 6.31. The van der Waals surface area contributed by atoms with Gasteiger partial charge in [0.2, 0.25) is 0 Å². The second-order valence-corrected chi connectivity index (χ2v) is 4.26. The summed E-state index contributed by atoms with van der Waals surface area (Å²) in [7, 11) is 0. The molecule has 1 aliphatic rings. The maximum absolute atomic E-state index is 10.6. The number of aliphatic hydroxyl groups is 1. The Morgan fingerprint density at radius 1 is 1.50 bits per heavy atom. The fourth-order valence-electron chi connectivity index (χ4n) is 2.11. The third-order valence-corrected chi connectivity index (χ3v) is 3.18. The molecule has 86 valence electrons. The molecule has 1 aromatic carbocycles. The molecule has 1 aromatic rings. The molecule has 5 heteroatoms. The van der Waals surface area contributed by atoms with Crippen LogP contribution < -0.4 is 5.32 Å². The molecule has 0 bridgehead atoms. The van der Waals surface area contributed by atoms with E-state index in [0.29, 0.717) is 17.0 Å². The van der Waals surface area contributed by atoms with Crippen molar-refractivity contribution in [3.63, 3.8) is 0 Å². The van der Waals surface area contributed by atoms with Gasteiger partial charge in [-0.05, 0) is 24.5 Å². The second-order valence-electron chi connectivity index (χ2n) is 3.85. The van der Waals surface area contributed by atoms with Crippen molar-refractivity contribution in [2.45, 2.75) is 25.0 Å². The maximum atomic E-state index is 10.6. The smallest absolute Gasteiger partial charge is 0.404 e. The van der Waals surface area contributed by atoms with E-state index in [0.717, 1.165) is 12.0 Å². The van der Waals surface area contributed by atoms with Crippen molar-refractivity contribution >= 4 is 17.7 Å². The number of carboxylic acid groups (broad SMARTS) is 1. The van der Waals surface area contributed by atoms with Crippen LogP contribution in [0.15, 0.2) is 18.2 Å². The Morgan fingerprint density at radius 3 is 2.94 bits per heavy atom. The zero-order valence-electron chi connectivity index (χ0n) is 8.48. The molecule has 1 aliphatic carbocycles. The minimum atomic E-state index is -1.13. The fourth-order valence-corrected chi connectivity index (χ4v) is 2.42. The van der Waals surface area contributed by atoms with Gasteiger partial charge in [0.15, 0.2) is 0 Å². The molecule has 4 nitrogen and oxygen atoms in total. The molecule has 0 spiro atoms. The van der Waals surface area contributed by atoms with E-state index >= 15 is 0 Å². The van der Waals surface area contributed by atoms with Crippen LogP contribution in [-0.2, 0) is 6.42 Å². The minimum absolute atomic E-state index is 0.482. The zero-order valence-corrected chi connectivity index (χ0v) is 9.24. The lowest BCUT2D eigenvalue weighted by Crippen LogP contribution is -2.41. The average molecular weight is 242 g/mol. The first-order valence-corrected chi connectivity index (χ1v) is 5.42. The number of benzene rings is 1. The van der Waals surface area contributed by atoms with Crippen molar-refractivity contribution in [3.8, 4) is 0 Å². The molecule has 2 atom stereocenters. The number of nitrogens with one attached hydrogen (secondary N) is 1. The summed E-state index contributed by atoms with van der Waals surface area (Å²) in [5.41, 5.74) is 1.64. The topological polar surface area (TPSA) is 69.6 Å². The minimum Gasteiger partial charge on any atom is -0.465 e. The van der Waals surface area contributed by atoms with Crippen molar-refractivity contribution in [1.29, 1.82) is 0 Å². The van der Waals surface area contributed by atoms with Gasteiger partial charge in [0.05, 0.1) is 6.04 Å². The lowest BCUT2D eigenvalue weighted by atomic mass is 9.86. The second kappa shape index (κ2) is 4.31. The molecule has 0 aromatic heterocycles. The van der Waals surface area contributed by atoms with Crippen LogP contribution in [0.1, 0.15) is 23.7 Å². The summed E-state index contributed by atoms with van der Waals surface area (Å²) in [6, 6.07) is 4.96. The van der Waals surface area contributed by atoms with E-state index in [2.05, 4.69) is 5.32 Å². The lowest BCUT2D eigenvalue weighted by molar-refractivity contribution is 0.109. The first-order valence-electron chi connectivity index (χ1n) is 5.04. The highest BCUT2D eigenvalue weighted by Gasteiger charge is 2.30. The van der Waals surface area contributed by atoms with Gasteiger partial charge in [-0.1, -0.05) is 23.7 Å². The molecule has 0 fully saturated rings. The Hall–Kier alpha value is -1.26. The number of fused-ring (bicyclic) bond motifs is 1. The summed E-state index contributed by atoms with van der Waals surface area (Å²) in [6.07, 6.45) is -0.688. The van der Waals surface area contributed by atoms with E-state index in [1.807, 2.05) is 12.1 Å². The van der Waals surface area contributed by atoms with Gasteiger partial charge >= 0.3 is 6.09 Å². The zero-order chi connectivity index (χ0) is 11.7. The van der Waals surface area contributed by atoms with Crippen molar-refractivity contribution in [1.82, 2.24) is 5.32 Å². The molecule has 0 radical (unpaired) electrons. The largest absolute Gasteiger partial charge is 0.465 e. The van der Waals surface area contributed by atoms with Crippen LogP contribution in [0.2, 0.25) is 5.02 Å². The average Bonchev–Trinajstić information content (AvgIpc) is 2.22. The van der Waals surface area contributed by atoms with Gasteiger partial charge in [-0.3, -0.25) is 0 Å². The van der Waals surface area contributed by atoms with Crippen LogP contribution in [-0.4, -0.2) is 22.3 Å². The predicted octanol–water partition coefficient (Wildman–Crippen LogP) is 1.96. The molecular weight excluding hydrogens is 230 g/mol. The predicted molar refractivity (Wildman–Crippen MR) is 59.7 cm³/mol. The van der Waals surface area contributed by atoms with Crippen LogP contribution in [0.25, 0.3) is 0 Å². The Balaban J connectivity index is 2.30. The number of hydrogen-bond donors (Lipinski definition) is 3. The molecule has 0 saturated carbocycles. The first kappa shape index (κ1) is 11.2. The van der Waals surface area contributed by atoms with Crippen LogP contribution >= 0.6 is 11.6 Å². The Morgan fingerprint density at radius 2 is 2.25 bits per heavy atom. The van der Waals surface area contributed by atoms with Gasteiger partial charge in [-0.25, -0.2) is 4.79 Å². The first-order chi connectivity index (χ1) is 7.59. The van der Waals surface area contributed by atoms with Gasteiger partial charge in [0.1, 0.15) is 6.10 Å². The number of rotatable bonds is 1. The number of aliphatic hydroxyl groups excluding tert-OH is 1. The third kappa shape index (κ3) is 1.99. The number of halogens is 1. The fraction of sp³-hybridized carbons (Fsp3) is 0.364. The molecule has 0 saturated heterocycles. The summed E-state index contributed by atoms with van der Waals surface area (Å²) >= 11 is 6.00. The van der Waals surface area contributed by atoms with Crippen LogP contribution in [0.5, 0.6) is 0 Å². The monoisotopic (exact) mass is 241 g/mol. The van der Waals surface area contributed by atoms with Gasteiger partial charge in [-0.2, -0.15) is 0 Å². The molecular formula is C11H12ClNO3. The van der Waals surface area contributed by atoms with Crippen LogP contribution in [0.3, 0.4) is 0 Å². The van der Waals surface area contributed by atoms with Crippen molar-refractivity contribution in [2.24, 2.45) is 0 Å². The molecule has 3 N–H and O–H groups in total. The number of carbonyl (C=O) groups is 1. The summed E-state index contributed by atoms with van der Waals surface area (Å²) < 4.78 is 0. The van der Waals surface area contributed by atoms with Gasteiger partial charge in [0.25, 0.3) is 0 Å². The maximum Gasteiger partial charge on any atom is 0.404 e. The van der Waals surface area contributed by atoms with E-state index in [1.54, 1.807) is 6.07 Å². The molecule has 2 rings (SSSR count). The van der Waals surface area contributed by atoms with Crippen LogP contribution in [0, 0.1) is 0 Å². The van der Waals surface area contributed by atoms with Crippen molar-refractivity contribution < 1.29 is 15.0 Å². The Bertz CT molecular complexity index is 422. The molecule has 16 heavy (non-hydrogen) atoms. The third-order valence-electron chi connectivity index (χ3n) is 2.85. The summed E-state index contributed by atoms with van der Waals surface area (Å²) in [4.78, 5) is 10.6. The van der Waals surface area contributed by atoms with Crippen molar-refractivity contribution in [2.75, 3.05) is 0 Å². The molecule has 0 aliphatic heterocycles. The van der Waals surface area contributed by atoms with E-state index in [9.17, 15) is 9.90 Å². The number of hydrogen-bond acceptors (Lipinski definition) is 2. The van der Waals surface area contributed by atoms with Gasteiger partial charge in [0, 0.05) is 10.6 Å². The highest BCUT2D eigenvalue weighted by atomic mass is 35.5. The quantitative estimate of drug-likeness (QED) is 0.704. The van der Waals surface area contributed by atoms with Crippen LogP contribution in [0.4, 0.5) is 4.79 Å². The molecule has 0 unspecified atom stereocenters. The summed E-state index contributed by atoms with van der Waals surface area (Å²) in [6.45, 7) is 0. The Labute approximate surface area is 97.9 Å². The van der Waals surface area contributed by atoms with Gasteiger partial charge < -0.3 is 15.5 Å². The highest BCUT2D eigenvalue weighted by Crippen LogP contribution is 2.34. The molecule has 1 amide bonds. The lowest BCUT2D eigenvalue weighted by Gasteiger charge is -2.30. The number of amides is 1. The van der Waals surface area contributed by atoms with E-state index in [-0.39, 0.29) is 0 Å². The molecule has 0 heterocycles. The van der Waals surface area contributed by atoms with Gasteiger partial charge in [-0.15, -0.1) is 0 Å². The summed E-state index contributed by atoms with van der Waals surface area (Å²) in [5, 5.41) is 21.5. The SMILES string of the molecule is O=C(O)N[C@@H]1CCc2cccc(Cl)c2[C@@H]1O. The van der Waals surface area contributed by atoms with E-state index in [4.69, 9.17) is 16.7 Å². The standard InChI is InChI=1S/C11H12ClNO3/c12-7-3-1-2-6-4-5-8(13-11(15)16)10(14)9(6)7/h1-3,8,10,13-14H,4-5H2,(H,15,16)/t8-,10-/m1/s1. The van der Waals surface area contributed by atoms with E-state index in [1.165, 1.54) is 0 Å². The van der Waals surface area contributed by atoms with E-state index < -0.39 is 18.2 Å². The number of aryl methyl sites for hydroxylation is 1.